The first kappa shape index (κ1) is 25.8. The van der Waals surface area contributed by atoms with Crippen LogP contribution in [0.3, 0.4) is 0 Å². The molecule has 0 N–H and O–H groups in total. The van der Waals surface area contributed by atoms with E-state index < -0.39 is 0 Å². The molecule has 0 saturated heterocycles. The molecular formula is C30H45FN2. The van der Waals surface area contributed by atoms with Crippen LogP contribution in [-0.2, 0) is 12.8 Å². The lowest BCUT2D eigenvalue weighted by molar-refractivity contribution is 0.248. The van der Waals surface area contributed by atoms with E-state index in [1.807, 2.05) is 12.1 Å². The minimum Gasteiger partial charge on any atom is -0.241 e. The van der Waals surface area contributed by atoms with Gasteiger partial charge in [0.1, 0.15) is 5.82 Å². The van der Waals surface area contributed by atoms with Crippen LogP contribution in [0.1, 0.15) is 115 Å². The van der Waals surface area contributed by atoms with E-state index in [9.17, 15) is 4.39 Å². The van der Waals surface area contributed by atoms with E-state index in [2.05, 4.69) is 35.9 Å². The smallest absolute Gasteiger partial charge is 0.224 e. The van der Waals surface area contributed by atoms with Gasteiger partial charge in [0, 0.05) is 12.6 Å². The molecule has 182 valence electrons. The van der Waals surface area contributed by atoms with Crippen LogP contribution in [-0.4, -0.2) is 9.97 Å². The second-order valence-electron chi connectivity index (χ2n) is 10.3. The summed E-state index contributed by atoms with van der Waals surface area (Å²) in [6.07, 6.45) is 22.0. The molecule has 1 fully saturated rings. The third kappa shape index (κ3) is 8.83. The Balaban J connectivity index is 1.43. The first-order valence-corrected chi connectivity index (χ1v) is 13.8. The van der Waals surface area contributed by atoms with Crippen LogP contribution in [0.2, 0.25) is 0 Å². The second-order valence-corrected chi connectivity index (χ2v) is 10.3. The van der Waals surface area contributed by atoms with E-state index in [1.165, 1.54) is 89.0 Å². The summed E-state index contributed by atoms with van der Waals surface area (Å²) in [7, 11) is 0. The zero-order valence-electron chi connectivity index (χ0n) is 21.1. The van der Waals surface area contributed by atoms with Gasteiger partial charge < -0.3 is 0 Å². The van der Waals surface area contributed by atoms with Crippen molar-refractivity contribution in [1.82, 2.24) is 9.97 Å². The van der Waals surface area contributed by atoms with Crippen LogP contribution in [0.4, 0.5) is 4.39 Å². The summed E-state index contributed by atoms with van der Waals surface area (Å²) in [5.74, 6) is 1.97. The summed E-state index contributed by atoms with van der Waals surface area (Å²) in [6.45, 7) is 4.52. The van der Waals surface area contributed by atoms with E-state index in [0.29, 0.717) is 11.4 Å². The Morgan fingerprint density at radius 1 is 0.758 bits per heavy atom. The second kappa shape index (κ2) is 14.5. The van der Waals surface area contributed by atoms with Crippen molar-refractivity contribution in [2.75, 3.05) is 0 Å². The third-order valence-electron chi connectivity index (χ3n) is 7.58. The number of aromatic nitrogens is 2. The fourth-order valence-corrected chi connectivity index (χ4v) is 5.32. The molecule has 1 aromatic carbocycles. The van der Waals surface area contributed by atoms with Gasteiger partial charge in [-0.1, -0.05) is 115 Å². The van der Waals surface area contributed by atoms with Gasteiger partial charge in [-0.3, -0.25) is 0 Å². The minimum atomic E-state index is -0.382. The quantitative estimate of drug-likeness (QED) is 0.211. The summed E-state index contributed by atoms with van der Waals surface area (Å²) in [5.41, 5.74) is 2.71. The molecule has 3 rings (SSSR count). The van der Waals surface area contributed by atoms with Gasteiger partial charge in [-0.15, -0.1) is 0 Å². The average Bonchev–Trinajstić information content (AvgIpc) is 2.84. The van der Waals surface area contributed by atoms with Crippen molar-refractivity contribution < 1.29 is 4.39 Å². The number of hydrogen-bond donors (Lipinski definition) is 0. The van der Waals surface area contributed by atoms with E-state index in [0.717, 1.165) is 36.7 Å². The van der Waals surface area contributed by atoms with Crippen molar-refractivity contribution >= 4 is 0 Å². The molecule has 0 spiro atoms. The molecule has 0 amide bonds. The Bertz CT molecular complexity index is 793. The molecule has 33 heavy (non-hydrogen) atoms. The monoisotopic (exact) mass is 452 g/mol. The van der Waals surface area contributed by atoms with E-state index in [4.69, 9.17) is 0 Å². The van der Waals surface area contributed by atoms with E-state index in [1.54, 1.807) is 6.20 Å². The van der Waals surface area contributed by atoms with Crippen LogP contribution in [0.15, 0.2) is 30.5 Å². The van der Waals surface area contributed by atoms with Gasteiger partial charge in [-0.05, 0) is 42.2 Å². The highest BCUT2D eigenvalue weighted by molar-refractivity contribution is 5.62. The molecule has 0 radical (unpaired) electrons. The van der Waals surface area contributed by atoms with Gasteiger partial charge in [0.2, 0.25) is 5.95 Å². The van der Waals surface area contributed by atoms with Gasteiger partial charge in [0.15, 0.2) is 0 Å². The molecule has 0 atom stereocenters. The molecular weight excluding hydrogens is 407 g/mol. The number of benzene rings is 1. The van der Waals surface area contributed by atoms with Crippen LogP contribution in [0.25, 0.3) is 11.1 Å². The number of nitrogens with zero attached hydrogens (tertiary/aromatic N) is 2. The predicted octanol–water partition coefficient (Wildman–Crippen LogP) is 9.11. The van der Waals surface area contributed by atoms with E-state index in [-0.39, 0.29) is 5.95 Å². The normalized spacial score (nSPS) is 18.5. The van der Waals surface area contributed by atoms with E-state index >= 15 is 0 Å². The van der Waals surface area contributed by atoms with Crippen LogP contribution < -0.4 is 0 Å². The highest BCUT2D eigenvalue weighted by Crippen LogP contribution is 2.34. The first-order chi connectivity index (χ1) is 16.2. The SMILES string of the molecule is CCCCCCCc1ccc(-c2cnc(CCC3CCC(CCCCC)CC3)nc2F)cc1. The molecule has 1 aliphatic carbocycles. The lowest BCUT2D eigenvalue weighted by Crippen LogP contribution is -2.15. The maximum atomic E-state index is 14.8. The molecule has 1 heterocycles. The Kier molecular flexibility index (Phi) is 11.3. The Labute approximate surface area is 201 Å². The summed E-state index contributed by atoms with van der Waals surface area (Å²) >= 11 is 0. The summed E-state index contributed by atoms with van der Waals surface area (Å²) in [5, 5.41) is 0. The number of rotatable bonds is 14. The van der Waals surface area contributed by atoms with Crippen LogP contribution >= 0.6 is 0 Å². The Morgan fingerprint density at radius 3 is 2.06 bits per heavy atom. The molecule has 2 nitrogen and oxygen atoms in total. The van der Waals surface area contributed by atoms with Crippen molar-refractivity contribution in [3.8, 4) is 11.1 Å². The maximum Gasteiger partial charge on any atom is 0.224 e. The predicted molar refractivity (Wildman–Crippen MR) is 138 cm³/mol. The summed E-state index contributed by atoms with van der Waals surface area (Å²) in [6, 6.07) is 8.28. The van der Waals surface area contributed by atoms with Crippen molar-refractivity contribution in [2.45, 2.75) is 117 Å². The fraction of sp³-hybridized carbons (Fsp3) is 0.667. The lowest BCUT2D eigenvalue weighted by atomic mass is 9.78. The highest BCUT2D eigenvalue weighted by atomic mass is 19.1. The Morgan fingerprint density at radius 2 is 1.39 bits per heavy atom. The van der Waals surface area contributed by atoms with Gasteiger partial charge in [0.05, 0.1) is 5.56 Å². The molecule has 0 bridgehead atoms. The topological polar surface area (TPSA) is 25.8 Å². The summed E-state index contributed by atoms with van der Waals surface area (Å²) in [4.78, 5) is 8.74. The number of aryl methyl sites for hydroxylation is 2. The van der Waals surface area contributed by atoms with Crippen LogP contribution in [0, 0.1) is 17.8 Å². The molecule has 1 saturated carbocycles. The minimum absolute atomic E-state index is 0.382. The zero-order chi connectivity index (χ0) is 23.3. The number of halogens is 1. The van der Waals surface area contributed by atoms with Crippen molar-refractivity contribution in [3.05, 3.63) is 47.8 Å². The van der Waals surface area contributed by atoms with Gasteiger partial charge >= 0.3 is 0 Å². The molecule has 3 heteroatoms. The van der Waals surface area contributed by atoms with Crippen molar-refractivity contribution in [3.63, 3.8) is 0 Å². The molecule has 2 aromatic rings. The highest BCUT2D eigenvalue weighted by Gasteiger charge is 2.21. The molecule has 1 aromatic heterocycles. The summed E-state index contributed by atoms with van der Waals surface area (Å²) < 4.78 is 14.8. The number of unbranched alkanes of at least 4 members (excludes halogenated alkanes) is 6. The molecule has 0 aliphatic heterocycles. The van der Waals surface area contributed by atoms with Gasteiger partial charge in [0.25, 0.3) is 0 Å². The molecule has 0 unspecified atom stereocenters. The fourth-order valence-electron chi connectivity index (χ4n) is 5.32. The van der Waals surface area contributed by atoms with Gasteiger partial charge in [-0.2, -0.15) is 4.39 Å². The Hall–Kier alpha value is -1.77. The van der Waals surface area contributed by atoms with Crippen molar-refractivity contribution in [2.24, 2.45) is 11.8 Å². The largest absolute Gasteiger partial charge is 0.241 e. The van der Waals surface area contributed by atoms with Crippen molar-refractivity contribution in [1.29, 1.82) is 0 Å². The average molecular weight is 453 g/mol. The maximum absolute atomic E-state index is 14.8. The first-order valence-electron chi connectivity index (χ1n) is 13.8. The molecule has 1 aliphatic rings. The van der Waals surface area contributed by atoms with Crippen LogP contribution in [0.5, 0.6) is 0 Å². The standard InChI is InChI=1S/C30H45FN2/c1-3-5-7-8-10-12-25-17-20-27(21-18-25)28-23-32-29(33-30(28)31)22-19-26-15-13-24(14-16-26)11-9-6-4-2/h17-18,20-21,23-24,26H,3-16,19,22H2,1-2H3. The van der Waals surface area contributed by atoms with Gasteiger partial charge in [-0.25, -0.2) is 9.97 Å². The number of hydrogen-bond acceptors (Lipinski definition) is 2. The zero-order valence-corrected chi connectivity index (χ0v) is 21.1. The lowest BCUT2D eigenvalue weighted by Gasteiger charge is -2.28. The third-order valence-corrected chi connectivity index (χ3v) is 7.58.